The van der Waals surface area contributed by atoms with E-state index in [1.807, 2.05) is 0 Å². The van der Waals surface area contributed by atoms with E-state index in [9.17, 15) is 0 Å². The molecule has 0 unspecified atom stereocenters. The molecule has 0 saturated heterocycles. The molecule has 0 fully saturated rings. The van der Waals surface area contributed by atoms with Crippen molar-refractivity contribution in [3.8, 4) is 0 Å². The summed E-state index contributed by atoms with van der Waals surface area (Å²) in [7, 11) is 0.769. The zero-order valence-corrected chi connectivity index (χ0v) is 12.8. The molecule has 2 aromatic rings. The first-order valence-electron chi connectivity index (χ1n) is 6.56. The molecule has 0 saturated carbocycles. The van der Waals surface area contributed by atoms with Crippen molar-refractivity contribution in [2.45, 2.75) is 34.1 Å². The van der Waals surface area contributed by atoms with Crippen LogP contribution in [-0.4, -0.2) is 0 Å². The fraction of sp³-hybridized carbons (Fsp3) is 0.294. The summed E-state index contributed by atoms with van der Waals surface area (Å²) in [6, 6.07) is 17.6. The molecule has 18 heavy (non-hydrogen) atoms. The Morgan fingerprint density at radius 2 is 0.944 bits per heavy atom. The summed E-state index contributed by atoms with van der Waals surface area (Å²) < 4.78 is 0. The van der Waals surface area contributed by atoms with E-state index in [2.05, 4.69) is 76.2 Å². The normalized spacial score (nSPS) is 9.56. The van der Waals surface area contributed by atoms with Gasteiger partial charge in [-0.15, -0.1) is 0 Å². The van der Waals surface area contributed by atoms with Crippen LogP contribution in [0.15, 0.2) is 48.5 Å². The van der Waals surface area contributed by atoms with E-state index >= 15 is 0 Å². The summed E-state index contributed by atoms with van der Waals surface area (Å²) >= 11 is 0. The van der Waals surface area contributed by atoms with Crippen molar-refractivity contribution in [2.24, 2.45) is 0 Å². The highest BCUT2D eigenvalue weighted by atomic mass is 31.1. The molecule has 0 heterocycles. The Kier molecular flexibility index (Phi) is 6.68. The third-order valence-electron chi connectivity index (χ3n) is 2.39. The lowest BCUT2D eigenvalue weighted by atomic mass is 10.2. The van der Waals surface area contributed by atoms with Crippen LogP contribution in [0.3, 0.4) is 0 Å². The van der Waals surface area contributed by atoms with Crippen molar-refractivity contribution in [1.29, 1.82) is 0 Å². The van der Waals surface area contributed by atoms with Crippen LogP contribution in [0.25, 0.3) is 0 Å². The van der Waals surface area contributed by atoms with Gasteiger partial charge in [-0.25, -0.2) is 0 Å². The number of rotatable bonds is 2. The Labute approximate surface area is 113 Å². The Hall–Kier alpha value is -1.13. The van der Waals surface area contributed by atoms with Crippen LogP contribution in [0.1, 0.15) is 31.4 Å². The molecule has 96 valence electrons. The van der Waals surface area contributed by atoms with Crippen LogP contribution in [0.4, 0.5) is 0 Å². The van der Waals surface area contributed by atoms with E-state index < -0.39 is 0 Å². The second-order valence-corrected chi connectivity index (χ2v) is 5.97. The van der Waals surface area contributed by atoms with Crippen LogP contribution < -0.4 is 10.6 Å². The topological polar surface area (TPSA) is 0 Å². The fourth-order valence-electron chi connectivity index (χ4n) is 1.44. The SMILES string of the molecule is CCC.Cc1ccc(Pc2ccc(C)cc2)cc1. The van der Waals surface area contributed by atoms with Crippen molar-refractivity contribution in [2.75, 3.05) is 0 Å². The second kappa shape index (κ2) is 8.06. The fourth-order valence-corrected chi connectivity index (χ4v) is 2.44. The number of aryl methyl sites for hydroxylation is 2. The van der Waals surface area contributed by atoms with Crippen LogP contribution >= 0.6 is 8.58 Å². The molecule has 0 aliphatic rings. The van der Waals surface area contributed by atoms with E-state index in [0.717, 1.165) is 8.58 Å². The largest absolute Gasteiger partial charge is 0.0656 e. The van der Waals surface area contributed by atoms with Gasteiger partial charge in [0.1, 0.15) is 0 Å². The summed E-state index contributed by atoms with van der Waals surface area (Å²) in [5.74, 6) is 0. The average molecular weight is 258 g/mol. The number of hydrogen-bond donors (Lipinski definition) is 0. The van der Waals surface area contributed by atoms with Crippen molar-refractivity contribution < 1.29 is 0 Å². The van der Waals surface area contributed by atoms with Gasteiger partial charge in [0.2, 0.25) is 0 Å². The maximum Gasteiger partial charge on any atom is -0.0226 e. The van der Waals surface area contributed by atoms with E-state index in [4.69, 9.17) is 0 Å². The van der Waals surface area contributed by atoms with E-state index in [0.29, 0.717) is 0 Å². The van der Waals surface area contributed by atoms with Crippen molar-refractivity contribution >= 4 is 19.2 Å². The molecule has 0 nitrogen and oxygen atoms in total. The predicted molar refractivity (Wildman–Crippen MR) is 85.9 cm³/mol. The van der Waals surface area contributed by atoms with Crippen molar-refractivity contribution in [3.05, 3.63) is 59.7 Å². The predicted octanol–water partition coefficient (Wildman–Crippen LogP) is 4.35. The van der Waals surface area contributed by atoms with Crippen LogP contribution in [0, 0.1) is 13.8 Å². The standard InChI is InChI=1S/C14H15P.C3H8/c1-11-3-7-13(8-4-11)15-14-9-5-12(2)6-10-14;1-3-2/h3-10,15H,1-2H3;3H2,1-2H3. The summed E-state index contributed by atoms with van der Waals surface area (Å²) in [6.45, 7) is 8.50. The van der Waals surface area contributed by atoms with Gasteiger partial charge in [0, 0.05) is 0 Å². The number of hydrogen-bond acceptors (Lipinski definition) is 0. The molecule has 0 aliphatic heterocycles. The highest BCUT2D eigenvalue weighted by Crippen LogP contribution is 2.11. The molecule has 0 atom stereocenters. The molecule has 1 heteroatoms. The molecule has 2 rings (SSSR count). The van der Waals surface area contributed by atoms with E-state index in [1.165, 1.54) is 28.2 Å². The number of benzene rings is 2. The molecule has 0 bridgehead atoms. The molecular formula is C17H23P. The highest BCUT2D eigenvalue weighted by molar-refractivity contribution is 7.55. The maximum atomic E-state index is 2.22. The summed E-state index contributed by atoms with van der Waals surface area (Å²) in [4.78, 5) is 0. The van der Waals surface area contributed by atoms with Gasteiger partial charge < -0.3 is 0 Å². The lowest BCUT2D eigenvalue weighted by Crippen LogP contribution is -2.02. The smallest absolute Gasteiger partial charge is 0.0226 e. The van der Waals surface area contributed by atoms with Crippen molar-refractivity contribution in [1.82, 2.24) is 0 Å². The lowest BCUT2D eigenvalue weighted by molar-refractivity contribution is 1.09. The summed E-state index contributed by atoms with van der Waals surface area (Å²) in [6.07, 6.45) is 1.25. The molecule has 0 aromatic heterocycles. The quantitative estimate of drug-likeness (QED) is 0.703. The highest BCUT2D eigenvalue weighted by Gasteiger charge is 1.95. The van der Waals surface area contributed by atoms with Gasteiger partial charge in [-0.3, -0.25) is 0 Å². The molecule has 0 radical (unpaired) electrons. The average Bonchev–Trinajstić information content (AvgIpc) is 2.36. The molecule has 0 spiro atoms. The first kappa shape index (κ1) is 14.9. The van der Waals surface area contributed by atoms with E-state index in [-0.39, 0.29) is 0 Å². The molecule has 0 N–H and O–H groups in total. The molecule has 0 aliphatic carbocycles. The Morgan fingerprint density at radius 3 is 1.22 bits per heavy atom. The first-order valence-corrected chi connectivity index (χ1v) is 7.56. The Morgan fingerprint density at radius 1 is 0.667 bits per heavy atom. The van der Waals surface area contributed by atoms with Gasteiger partial charge >= 0.3 is 0 Å². The third-order valence-corrected chi connectivity index (χ3v) is 3.64. The second-order valence-electron chi connectivity index (χ2n) is 4.56. The summed E-state index contributed by atoms with van der Waals surface area (Å²) in [5, 5.41) is 2.81. The maximum absolute atomic E-state index is 2.22. The Balaban J connectivity index is 0.000000492. The van der Waals surface area contributed by atoms with Gasteiger partial charge in [-0.2, -0.15) is 0 Å². The monoisotopic (exact) mass is 258 g/mol. The zero-order valence-electron chi connectivity index (χ0n) is 11.8. The summed E-state index contributed by atoms with van der Waals surface area (Å²) in [5.41, 5.74) is 2.65. The van der Waals surface area contributed by atoms with Crippen LogP contribution in [0.5, 0.6) is 0 Å². The van der Waals surface area contributed by atoms with Crippen molar-refractivity contribution in [3.63, 3.8) is 0 Å². The van der Waals surface area contributed by atoms with Gasteiger partial charge in [0.15, 0.2) is 0 Å². The minimum absolute atomic E-state index is 0.769. The minimum Gasteiger partial charge on any atom is -0.0656 e. The molecule has 2 aromatic carbocycles. The van der Waals surface area contributed by atoms with Gasteiger partial charge in [-0.1, -0.05) is 88.5 Å². The lowest BCUT2D eigenvalue weighted by Gasteiger charge is -2.03. The van der Waals surface area contributed by atoms with Gasteiger partial charge in [0.25, 0.3) is 0 Å². The van der Waals surface area contributed by atoms with Crippen LogP contribution in [-0.2, 0) is 0 Å². The zero-order chi connectivity index (χ0) is 13.4. The third kappa shape index (κ3) is 5.47. The first-order chi connectivity index (χ1) is 8.65. The molecule has 0 amide bonds. The van der Waals surface area contributed by atoms with Gasteiger partial charge in [0.05, 0.1) is 0 Å². The van der Waals surface area contributed by atoms with Gasteiger partial charge in [-0.05, 0) is 24.5 Å². The Bertz CT molecular complexity index is 397. The van der Waals surface area contributed by atoms with E-state index in [1.54, 1.807) is 0 Å². The minimum atomic E-state index is 0.769. The molecular weight excluding hydrogens is 235 g/mol. The van der Waals surface area contributed by atoms with Crippen LogP contribution in [0.2, 0.25) is 0 Å².